The fourth-order valence-electron chi connectivity index (χ4n) is 9.81. The molecule has 0 N–H and O–H groups in total. The van der Waals surface area contributed by atoms with Crippen molar-refractivity contribution in [3.8, 4) is 61.6 Å². The molecule has 0 saturated heterocycles. The van der Waals surface area contributed by atoms with Crippen molar-refractivity contribution in [2.45, 2.75) is 5.41 Å². The number of aromatic nitrogens is 2. The highest BCUT2D eigenvalue weighted by molar-refractivity contribution is 6.14. The SMILES string of the molecule is c1ccc(-c2cc(-c3ccccc3)nc(-c3ccc(-c4cc5c6c(c4)c4ccccc4n6-c4ccccc4C54c5ccccc5-c5ccccc54)cc3)c2)cc1. The topological polar surface area (TPSA) is 17.8 Å². The van der Waals surface area contributed by atoms with Gasteiger partial charge >= 0.3 is 0 Å². The van der Waals surface area contributed by atoms with Gasteiger partial charge in [-0.05, 0) is 92.0 Å². The zero-order valence-corrected chi connectivity index (χ0v) is 30.5. The van der Waals surface area contributed by atoms with Crippen molar-refractivity contribution in [2.75, 3.05) is 0 Å². The van der Waals surface area contributed by atoms with Gasteiger partial charge in [-0.3, -0.25) is 0 Å². The summed E-state index contributed by atoms with van der Waals surface area (Å²) in [6, 6.07) is 75.5. The van der Waals surface area contributed by atoms with Crippen LogP contribution in [0.4, 0.5) is 0 Å². The average molecular weight is 711 g/mol. The number of pyridine rings is 1. The molecule has 260 valence electrons. The fourth-order valence-corrected chi connectivity index (χ4v) is 9.81. The van der Waals surface area contributed by atoms with E-state index in [2.05, 4.69) is 211 Å². The number of para-hydroxylation sites is 2. The van der Waals surface area contributed by atoms with Gasteiger partial charge in [0.1, 0.15) is 0 Å². The Balaban J connectivity index is 1.09. The standard InChI is InChI=1S/C54H34N2/c1-3-15-35(16-4-1)40-33-49(37-17-5-2-6-18-37)55-50(34-40)38-29-27-36(28-30-38)39-31-44-43-21-9-13-25-51(43)56-52-26-14-12-24-47(52)54(48(32-39)53(44)56)45-22-10-7-19-41(45)42-20-8-11-23-46(42)54/h1-34H. The highest BCUT2D eigenvalue weighted by Gasteiger charge is 2.50. The number of nitrogens with zero attached hydrogens (tertiary/aromatic N) is 2. The van der Waals surface area contributed by atoms with Crippen molar-refractivity contribution in [1.82, 2.24) is 9.55 Å². The molecule has 10 aromatic rings. The van der Waals surface area contributed by atoms with Crippen LogP contribution >= 0.6 is 0 Å². The predicted octanol–water partition coefficient (Wildman–Crippen LogP) is 13.5. The third-order valence-corrected chi connectivity index (χ3v) is 12.2. The van der Waals surface area contributed by atoms with Crippen LogP contribution in [-0.2, 0) is 5.41 Å². The number of fused-ring (bicyclic) bond motifs is 12. The largest absolute Gasteiger partial charge is 0.309 e. The summed E-state index contributed by atoms with van der Waals surface area (Å²) in [4.78, 5) is 5.22. The molecule has 0 unspecified atom stereocenters. The van der Waals surface area contributed by atoms with Gasteiger partial charge in [-0.15, -0.1) is 0 Å². The second-order valence-electron chi connectivity index (χ2n) is 15.1. The molecule has 0 atom stereocenters. The van der Waals surface area contributed by atoms with Crippen molar-refractivity contribution >= 4 is 21.8 Å². The van der Waals surface area contributed by atoms with E-state index in [1.165, 1.54) is 77.6 Å². The van der Waals surface area contributed by atoms with E-state index in [9.17, 15) is 0 Å². The van der Waals surface area contributed by atoms with Gasteiger partial charge in [-0.2, -0.15) is 0 Å². The first-order valence-corrected chi connectivity index (χ1v) is 19.4. The molecule has 0 radical (unpaired) electrons. The molecule has 2 nitrogen and oxygen atoms in total. The van der Waals surface area contributed by atoms with E-state index in [4.69, 9.17) is 4.98 Å². The maximum atomic E-state index is 5.22. The van der Waals surface area contributed by atoms with E-state index in [1.807, 2.05) is 0 Å². The Morgan fingerprint density at radius 3 is 1.54 bits per heavy atom. The first kappa shape index (κ1) is 31.1. The van der Waals surface area contributed by atoms with E-state index in [0.29, 0.717) is 0 Å². The van der Waals surface area contributed by atoms with Crippen LogP contribution in [0.1, 0.15) is 22.3 Å². The molecule has 12 rings (SSSR count). The van der Waals surface area contributed by atoms with Gasteiger partial charge in [-0.1, -0.05) is 170 Å². The highest BCUT2D eigenvalue weighted by atomic mass is 15.0. The summed E-state index contributed by atoms with van der Waals surface area (Å²) in [6.07, 6.45) is 0. The Morgan fingerprint density at radius 2 is 0.839 bits per heavy atom. The van der Waals surface area contributed by atoms with Crippen LogP contribution in [0.25, 0.3) is 83.4 Å². The molecule has 1 aliphatic heterocycles. The summed E-state index contributed by atoms with van der Waals surface area (Å²) >= 11 is 0. The molecule has 0 fully saturated rings. The first-order valence-electron chi connectivity index (χ1n) is 19.4. The molecule has 2 aromatic heterocycles. The zero-order chi connectivity index (χ0) is 36.8. The van der Waals surface area contributed by atoms with Crippen molar-refractivity contribution in [2.24, 2.45) is 0 Å². The molecular weight excluding hydrogens is 677 g/mol. The normalized spacial score (nSPS) is 13.1. The molecule has 1 aliphatic carbocycles. The molecule has 0 bridgehead atoms. The van der Waals surface area contributed by atoms with Gasteiger partial charge in [0.15, 0.2) is 0 Å². The lowest BCUT2D eigenvalue weighted by atomic mass is 9.65. The quantitative estimate of drug-likeness (QED) is 0.178. The third-order valence-electron chi connectivity index (χ3n) is 12.2. The molecule has 8 aromatic carbocycles. The van der Waals surface area contributed by atoms with Crippen molar-refractivity contribution in [1.29, 1.82) is 0 Å². The fraction of sp³-hybridized carbons (Fsp3) is 0.0185. The smallest absolute Gasteiger partial charge is 0.0754 e. The molecular formula is C54H34N2. The summed E-state index contributed by atoms with van der Waals surface area (Å²) in [7, 11) is 0. The minimum atomic E-state index is -0.474. The minimum Gasteiger partial charge on any atom is -0.309 e. The average Bonchev–Trinajstić information content (AvgIpc) is 3.77. The lowest BCUT2D eigenvalue weighted by molar-refractivity contribution is 0.749. The molecule has 2 heteroatoms. The minimum absolute atomic E-state index is 0.474. The first-order chi connectivity index (χ1) is 27.8. The summed E-state index contributed by atoms with van der Waals surface area (Å²) in [5.41, 5.74) is 20.1. The second kappa shape index (κ2) is 11.9. The molecule has 0 amide bonds. The third kappa shape index (κ3) is 4.30. The van der Waals surface area contributed by atoms with Crippen LogP contribution in [0.2, 0.25) is 0 Å². The van der Waals surface area contributed by atoms with Gasteiger partial charge in [-0.25, -0.2) is 4.98 Å². The highest BCUT2D eigenvalue weighted by Crippen LogP contribution is 2.61. The van der Waals surface area contributed by atoms with E-state index in [1.54, 1.807) is 0 Å². The lowest BCUT2D eigenvalue weighted by Crippen LogP contribution is -2.33. The summed E-state index contributed by atoms with van der Waals surface area (Å²) in [5.74, 6) is 0. The van der Waals surface area contributed by atoms with E-state index >= 15 is 0 Å². The Kier molecular flexibility index (Phi) is 6.58. The van der Waals surface area contributed by atoms with Crippen molar-refractivity contribution < 1.29 is 0 Å². The van der Waals surface area contributed by atoms with Crippen molar-refractivity contribution in [3.63, 3.8) is 0 Å². The van der Waals surface area contributed by atoms with Crippen LogP contribution < -0.4 is 0 Å². The van der Waals surface area contributed by atoms with E-state index < -0.39 is 5.41 Å². The second-order valence-corrected chi connectivity index (χ2v) is 15.1. The van der Waals surface area contributed by atoms with Gasteiger partial charge in [0.25, 0.3) is 0 Å². The van der Waals surface area contributed by atoms with Gasteiger partial charge in [0.2, 0.25) is 0 Å². The summed E-state index contributed by atoms with van der Waals surface area (Å²) in [6.45, 7) is 0. The Morgan fingerprint density at radius 1 is 0.339 bits per heavy atom. The lowest BCUT2D eigenvalue weighted by Gasteiger charge is -2.39. The maximum absolute atomic E-state index is 5.22. The number of rotatable bonds is 4. The van der Waals surface area contributed by atoms with E-state index in [-0.39, 0.29) is 0 Å². The van der Waals surface area contributed by atoms with Gasteiger partial charge in [0.05, 0.1) is 33.5 Å². The van der Waals surface area contributed by atoms with Crippen LogP contribution in [0.3, 0.4) is 0 Å². The van der Waals surface area contributed by atoms with Gasteiger partial charge in [0, 0.05) is 21.9 Å². The molecule has 56 heavy (non-hydrogen) atoms. The molecule has 1 spiro atoms. The molecule has 0 saturated carbocycles. The Bertz CT molecular complexity index is 3070. The number of benzene rings is 8. The summed E-state index contributed by atoms with van der Waals surface area (Å²) in [5, 5.41) is 2.54. The van der Waals surface area contributed by atoms with E-state index in [0.717, 1.165) is 28.1 Å². The van der Waals surface area contributed by atoms with Crippen LogP contribution in [-0.4, -0.2) is 9.55 Å². The zero-order valence-electron chi connectivity index (χ0n) is 30.5. The van der Waals surface area contributed by atoms with Crippen molar-refractivity contribution in [3.05, 3.63) is 229 Å². The molecule has 2 aliphatic rings. The summed E-state index contributed by atoms with van der Waals surface area (Å²) < 4.78 is 2.52. The van der Waals surface area contributed by atoms with Gasteiger partial charge < -0.3 is 4.57 Å². The Hall–Kier alpha value is -7.29. The molecule has 3 heterocycles. The van der Waals surface area contributed by atoms with Crippen LogP contribution in [0, 0.1) is 0 Å². The number of hydrogen-bond donors (Lipinski definition) is 0. The Labute approximate surface area is 325 Å². The maximum Gasteiger partial charge on any atom is 0.0754 e. The number of hydrogen-bond acceptors (Lipinski definition) is 1. The predicted molar refractivity (Wildman–Crippen MR) is 231 cm³/mol. The van der Waals surface area contributed by atoms with Crippen LogP contribution in [0.5, 0.6) is 0 Å². The van der Waals surface area contributed by atoms with Crippen LogP contribution in [0.15, 0.2) is 206 Å². The monoisotopic (exact) mass is 710 g/mol.